The number of nitrogens with zero attached hydrogens (tertiary/aromatic N) is 2. The van der Waals surface area contributed by atoms with Crippen molar-refractivity contribution in [1.29, 1.82) is 0 Å². The van der Waals surface area contributed by atoms with Crippen molar-refractivity contribution < 1.29 is 9.59 Å². The second-order valence-corrected chi connectivity index (χ2v) is 7.10. The van der Waals surface area contributed by atoms with Gasteiger partial charge in [0.2, 0.25) is 11.8 Å². The molecule has 3 rings (SSSR count). The van der Waals surface area contributed by atoms with Gasteiger partial charge in [0, 0.05) is 23.8 Å². The fraction of sp³-hybridized carbons (Fsp3) is 0.105. The van der Waals surface area contributed by atoms with Gasteiger partial charge in [-0.2, -0.15) is 0 Å². The first-order valence-corrected chi connectivity index (χ1v) is 9.05. The number of fused-ring (bicyclic) bond motifs is 1. The van der Waals surface area contributed by atoms with Gasteiger partial charge in [0.05, 0.1) is 16.8 Å². The molecule has 0 radical (unpaired) electrons. The van der Waals surface area contributed by atoms with Crippen LogP contribution in [-0.4, -0.2) is 35.3 Å². The average Bonchev–Trinajstić information content (AvgIpc) is 3.04. The van der Waals surface area contributed by atoms with Gasteiger partial charge in [0.15, 0.2) is 0 Å². The number of halogens is 1. The fourth-order valence-corrected chi connectivity index (χ4v) is 3.25. The molecule has 1 N–H and O–H groups in total. The first kappa shape index (κ1) is 18.1. The highest BCUT2D eigenvalue weighted by atomic mass is 35.5. The van der Waals surface area contributed by atoms with Crippen LogP contribution in [0.3, 0.4) is 0 Å². The topological polar surface area (TPSA) is 62.3 Å². The minimum absolute atomic E-state index is 0.0500. The van der Waals surface area contributed by atoms with Crippen molar-refractivity contribution in [3.05, 3.63) is 64.6 Å². The maximum atomic E-state index is 12.2. The Balaban J connectivity index is 1.56. The number of aromatic nitrogens is 1. The highest BCUT2D eigenvalue weighted by molar-refractivity contribution is 7.19. The Morgan fingerprint density at radius 2 is 1.92 bits per heavy atom. The molecule has 2 amide bonds. The summed E-state index contributed by atoms with van der Waals surface area (Å²) in [5, 5.41) is 4.06. The molecule has 1 heterocycles. The van der Waals surface area contributed by atoms with Gasteiger partial charge < -0.3 is 10.2 Å². The van der Waals surface area contributed by atoms with E-state index in [0.717, 1.165) is 15.2 Å². The van der Waals surface area contributed by atoms with Crippen molar-refractivity contribution >= 4 is 56.7 Å². The molecule has 1 aromatic heterocycles. The fourth-order valence-electron chi connectivity index (χ4n) is 2.26. The number of para-hydroxylation sites is 1. The number of anilines is 1. The van der Waals surface area contributed by atoms with Gasteiger partial charge in [-0.05, 0) is 42.5 Å². The van der Waals surface area contributed by atoms with E-state index in [1.54, 1.807) is 37.4 Å². The van der Waals surface area contributed by atoms with Crippen LogP contribution in [0.25, 0.3) is 16.3 Å². The molecule has 0 aliphatic carbocycles. The van der Waals surface area contributed by atoms with Gasteiger partial charge in [0.25, 0.3) is 0 Å². The number of hydrogen-bond donors (Lipinski definition) is 1. The number of nitrogens with one attached hydrogen (secondary N) is 1. The van der Waals surface area contributed by atoms with E-state index < -0.39 is 0 Å². The molecule has 0 saturated carbocycles. The molecule has 26 heavy (non-hydrogen) atoms. The summed E-state index contributed by atoms with van der Waals surface area (Å²) in [4.78, 5) is 30.0. The third kappa shape index (κ3) is 4.68. The molecule has 0 fully saturated rings. The van der Waals surface area contributed by atoms with E-state index in [0.29, 0.717) is 10.7 Å². The van der Waals surface area contributed by atoms with Gasteiger partial charge in [-0.1, -0.05) is 23.7 Å². The van der Waals surface area contributed by atoms with Crippen molar-refractivity contribution in [1.82, 2.24) is 9.88 Å². The lowest BCUT2D eigenvalue weighted by molar-refractivity contribution is -0.129. The molecule has 0 aliphatic heterocycles. The van der Waals surface area contributed by atoms with Crippen molar-refractivity contribution in [2.75, 3.05) is 18.9 Å². The number of rotatable bonds is 5. The second-order valence-electron chi connectivity index (χ2n) is 5.60. The first-order chi connectivity index (χ1) is 12.5. The minimum atomic E-state index is -0.281. The summed E-state index contributed by atoms with van der Waals surface area (Å²) in [6.45, 7) is -0.0500. The largest absolute Gasteiger partial charge is 0.333 e. The maximum Gasteiger partial charge on any atom is 0.246 e. The number of hydrogen-bond acceptors (Lipinski definition) is 4. The van der Waals surface area contributed by atoms with Crippen molar-refractivity contribution in [3.63, 3.8) is 0 Å². The summed E-state index contributed by atoms with van der Waals surface area (Å²) in [6, 6.07) is 14.6. The van der Waals surface area contributed by atoms with E-state index in [2.05, 4.69) is 10.3 Å². The number of carbonyl (C=O) groups excluding carboxylic acids is 2. The number of thiazole rings is 1. The summed E-state index contributed by atoms with van der Waals surface area (Å²) in [7, 11) is 1.58. The molecular weight excluding hydrogens is 370 g/mol. The van der Waals surface area contributed by atoms with Crippen molar-refractivity contribution in [2.24, 2.45) is 0 Å². The molecule has 132 valence electrons. The molecule has 3 aromatic rings. The number of amides is 2. The molecular formula is C19H16ClN3O2S. The van der Waals surface area contributed by atoms with Crippen molar-refractivity contribution in [3.8, 4) is 0 Å². The monoisotopic (exact) mass is 385 g/mol. The summed E-state index contributed by atoms with van der Waals surface area (Å²) >= 11 is 7.32. The molecule has 0 unspecified atom stereocenters. The zero-order valence-corrected chi connectivity index (χ0v) is 15.6. The van der Waals surface area contributed by atoms with Crippen LogP contribution in [0.4, 0.5) is 5.69 Å². The molecule has 7 heteroatoms. The van der Waals surface area contributed by atoms with Crippen LogP contribution in [0, 0.1) is 0 Å². The third-order valence-electron chi connectivity index (χ3n) is 3.56. The highest BCUT2D eigenvalue weighted by Gasteiger charge is 2.11. The van der Waals surface area contributed by atoms with Crippen LogP contribution in [0.15, 0.2) is 54.6 Å². The lowest BCUT2D eigenvalue weighted by Crippen LogP contribution is -2.33. The van der Waals surface area contributed by atoms with Gasteiger partial charge >= 0.3 is 0 Å². The summed E-state index contributed by atoms with van der Waals surface area (Å²) in [6.07, 6.45) is 3.09. The summed E-state index contributed by atoms with van der Waals surface area (Å²) < 4.78 is 1.07. The smallest absolute Gasteiger partial charge is 0.246 e. The Bertz CT molecular complexity index is 933. The Hall–Kier alpha value is -2.70. The van der Waals surface area contributed by atoms with Crippen molar-refractivity contribution in [2.45, 2.75) is 0 Å². The van der Waals surface area contributed by atoms with Gasteiger partial charge in [0.1, 0.15) is 5.01 Å². The van der Waals surface area contributed by atoms with Gasteiger partial charge in [-0.25, -0.2) is 4.98 Å². The molecule has 0 atom stereocenters. The quantitative estimate of drug-likeness (QED) is 0.673. The maximum absolute atomic E-state index is 12.2. The normalized spacial score (nSPS) is 11.0. The van der Waals surface area contributed by atoms with Crippen LogP contribution >= 0.6 is 22.9 Å². The van der Waals surface area contributed by atoms with Crippen LogP contribution in [0.2, 0.25) is 5.02 Å². The number of carbonyl (C=O) groups is 2. The molecule has 0 aliphatic rings. The lowest BCUT2D eigenvalue weighted by Gasteiger charge is -2.14. The Kier molecular flexibility index (Phi) is 5.65. The second kappa shape index (κ2) is 8.12. The molecule has 5 nitrogen and oxygen atoms in total. The van der Waals surface area contributed by atoms with E-state index in [-0.39, 0.29) is 18.4 Å². The standard InChI is InChI=1S/C19H16ClN3O2S/c1-23(12-17(24)21-14-8-6-13(20)7-9-14)19(25)11-10-18-22-15-4-2-3-5-16(15)26-18/h2-11H,12H2,1H3,(H,21,24)/b11-10+. The molecule has 0 bridgehead atoms. The SMILES string of the molecule is CN(CC(=O)Nc1ccc(Cl)cc1)C(=O)/C=C/c1nc2ccccc2s1. The Labute approximate surface area is 159 Å². The van der Waals surface area contributed by atoms with Crippen LogP contribution in [-0.2, 0) is 9.59 Å². The van der Waals surface area contributed by atoms with Crippen LogP contribution < -0.4 is 5.32 Å². The van der Waals surface area contributed by atoms with E-state index in [1.807, 2.05) is 24.3 Å². The summed E-state index contributed by atoms with van der Waals surface area (Å²) in [5.74, 6) is -0.549. The lowest BCUT2D eigenvalue weighted by atomic mass is 10.3. The van der Waals surface area contributed by atoms with Crippen LogP contribution in [0.5, 0.6) is 0 Å². The zero-order valence-electron chi connectivity index (χ0n) is 14.0. The predicted octanol–water partition coefficient (Wildman–Crippen LogP) is 4.06. The zero-order chi connectivity index (χ0) is 18.5. The van der Waals surface area contributed by atoms with E-state index >= 15 is 0 Å². The van der Waals surface area contributed by atoms with E-state index in [1.165, 1.54) is 22.3 Å². The average molecular weight is 386 g/mol. The predicted molar refractivity (Wildman–Crippen MR) is 106 cm³/mol. The molecule has 0 spiro atoms. The number of likely N-dealkylation sites (N-methyl/N-ethyl adjacent to an activating group) is 1. The van der Waals surface area contributed by atoms with Gasteiger partial charge in [-0.3, -0.25) is 9.59 Å². The Morgan fingerprint density at radius 1 is 1.19 bits per heavy atom. The summed E-state index contributed by atoms with van der Waals surface area (Å²) in [5.41, 5.74) is 1.53. The first-order valence-electron chi connectivity index (χ1n) is 7.85. The molecule has 2 aromatic carbocycles. The van der Waals surface area contributed by atoms with Gasteiger partial charge in [-0.15, -0.1) is 11.3 Å². The van der Waals surface area contributed by atoms with E-state index in [9.17, 15) is 9.59 Å². The number of benzene rings is 2. The Morgan fingerprint density at radius 3 is 2.65 bits per heavy atom. The molecule has 0 saturated heterocycles. The third-order valence-corrected chi connectivity index (χ3v) is 4.82. The highest BCUT2D eigenvalue weighted by Crippen LogP contribution is 2.22. The minimum Gasteiger partial charge on any atom is -0.333 e. The van der Waals surface area contributed by atoms with Crippen LogP contribution in [0.1, 0.15) is 5.01 Å². The van der Waals surface area contributed by atoms with E-state index in [4.69, 9.17) is 11.6 Å².